The molecule has 0 bridgehead atoms. The van der Waals surface area contributed by atoms with Gasteiger partial charge < -0.3 is 9.84 Å². The van der Waals surface area contributed by atoms with E-state index in [1.807, 2.05) is 0 Å². The van der Waals surface area contributed by atoms with Crippen LogP contribution in [0.5, 0.6) is 0 Å². The Labute approximate surface area is 104 Å². The van der Waals surface area contributed by atoms with Gasteiger partial charge in [-0.05, 0) is 25.5 Å². The molecule has 0 amide bonds. The highest BCUT2D eigenvalue weighted by atomic mass is 19.4. The second-order valence-electron chi connectivity index (χ2n) is 4.51. The molecule has 0 fully saturated rings. The van der Waals surface area contributed by atoms with E-state index in [0.29, 0.717) is 12.2 Å². The van der Waals surface area contributed by atoms with E-state index in [1.165, 1.54) is 6.07 Å². The maximum absolute atomic E-state index is 12.5. The van der Waals surface area contributed by atoms with Crippen molar-refractivity contribution in [2.75, 3.05) is 13.2 Å². The van der Waals surface area contributed by atoms with Crippen molar-refractivity contribution >= 4 is 0 Å². The van der Waals surface area contributed by atoms with Gasteiger partial charge in [0, 0.05) is 13.0 Å². The third-order valence-electron chi connectivity index (χ3n) is 2.46. The number of alkyl halides is 3. The molecular weight excluding hydrogens is 245 g/mol. The van der Waals surface area contributed by atoms with Gasteiger partial charge in [-0.3, -0.25) is 0 Å². The van der Waals surface area contributed by atoms with Crippen molar-refractivity contribution in [3.8, 4) is 0 Å². The molecule has 1 N–H and O–H groups in total. The number of hydrogen-bond donors (Lipinski definition) is 1. The van der Waals surface area contributed by atoms with E-state index >= 15 is 0 Å². The first kappa shape index (κ1) is 15.0. The van der Waals surface area contributed by atoms with Gasteiger partial charge in [-0.25, -0.2) is 0 Å². The molecule has 0 spiro atoms. The maximum Gasteiger partial charge on any atom is 0.416 e. The van der Waals surface area contributed by atoms with Gasteiger partial charge in [0.15, 0.2) is 0 Å². The van der Waals surface area contributed by atoms with Gasteiger partial charge in [-0.1, -0.05) is 18.2 Å². The van der Waals surface area contributed by atoms with Gasteiger partial charge in [0.1, 0.15) is 0 Å². The van der Waals surface area contributed by atoms with Crippen molar-refractivity contribution in [1.82, 2.24) is 0 Å². The van der Waals surface area contributed by atoms with Gasteiger partial charge in [-0.2, -0.15) is 13.2 Å². The molecule has 0 saturated carbocycles. The highest BCUT2D eigenvalue weighted by molar-refractivity contribution is 5.26. The number of ether oxygens (including phenoxy) is 1. The predicted molar refractivity (Wildman–Crippen MR) is 62.3 cm³/mol. The average Bonchev–Trinajstić information content (AvgIpc) is 2.25. The zero-order valence-electron chi connectivity index (χ0n) is 10.4. The lowest BCUT2D eigenvalue weighted by atomic mass is 9.96. The second kappa shape index (κ2) is 5.71. The largest absolute Gasteiger partial charge is 0.416 e. The topological polar surface area (TPSA) is 29.5 Å². The lowest BCUT2D eigenvalue weighted by Crippen LogP contribution is -2.33. The molecule has 0 radical (unpaired) electrons. The summed E-state index contributed by atoms with van der Waals surface area (Å²) in [7, 11) is 0. The molecule has 0 aliphatic rings. The summed E-state index contributed by atoms with van der Waals surface area (Å²) >= 11 is 0. The van der Waals surface area contributed by atoms with Crippen LogP contribution in [0.1, 0.15) is 25.0 Å². The Hall–Kier alpha value is -1.07. The van der Waals surface area contributed by atoms with E-state index in [1.54, 1.807) is 19.9 Å². The number of rotatable bonds is 5. The van der Waals surface area contributed by atoms with E-state index in [0.717, 1.165) is 12.1 Å². The molecular formula is C13H17F3O2. The summed E-state index contributed by atoms with van der Waals surface area (Å²) in [4.78, 5) is 0. The highest BCUT2D eigenvalue weighted by Gasteiger charge is 2.31. The van der Waals surface area contributed by atoms with Crippen molar-refractivity contribution in [3.05, 3.63) is 35.4 Å². The highest BCUT2D eigenvalue weighted by Crippen LogP contribution is 2.30. The summed E-state index contributed by atoms with van der Waals surface area (Å²) in [6, 6.07) is 4.98. The summed E-state index contributed by atoms with van der Waals surface area (Å²) in [5, 5.41) is 9.99. The predicted octanol–water partition coefficient (Wildman–Crippen LogP) is 3.04. The molecule has 1 aromatic carbocycles. The Balaban J connectivity index is 2.79. The molecule has 1 rings (SSSR count). The summed E-state index contributed by atoms with van der Waals surface area (Å²) in [5.41, 5.74) is -1.43. The van der Waals surface area contributed by atoms with E-state index in [-0.39, 0.29) is 13.0 Å². The van der Waals surface area contributed by atoms with Crippen molar-refractivity contribution in [1.29, 1.82) is 0 Å². The molecule has 0 aliphatic carbocycles. The van der Waals surface area contributed by atoms with E-state index in [9.17, 15) is 18.3 Å². The quantitative estimate of drug-likeness (QED) is 0.883. The monoisotopic (exact) mass is 262 g/mol. The minimum Gasteiger partial charge on any atom is -0.387 e. The number of benzene rings is 1. The molecule has 5 heteroatoms. The van der Waals surface area contributed by atoms with Gasteiger partial charge in [0.05, 0.1) is 17.8 Å². The maximum atomic E-state index is 12.5. The Morgan fingerprint density at radius 3 is 2.50 bits per heavy atom. The molecule has 18 heavy (non-hydrogen) atoms. The zero-order chi connectivity index (χ0) is 13.8. The van der Waals surface area contributed by atoms with E-state index in [2.05, 4.69) is 0 Å². The third kappa shape index (κ3) is 4.66. The summed E-state index contributed by atoms with van der Waals surface area (Å²) in [6.07, 6.45) is -4.24. The Morgan fingerprint density at radius 1 is 1.28 bits per heavy atom. The lowest BCUT2D eigenvalue weighted by molar-refractivity contribution is -0.137. The van der Waals surface area contributed by atoms with Crippen molar-refractivity contribution in [2.45, 2.75) is 32.0 Å². The Bertz CT molecular complexity index is 386. The fourth-order valence-electron chi connectivity index (χ4n) is 1.67. The Kier molecular flexibility index (Phi) is 4.76. The molecule has 0 heterocycles. The van der Waals surface area contributed by atoms with Gasteiger partial charge in [0.25, 0.3) is 0 Å². The number of aliphatic hydroxyl groups is 1. The van der Waals surface area contributed by atoms with Crippen LogP contribution in [-0.2, 0) is 17.3 Å². The van der Waals surface area contributed by atoms with Crippen LogP contribution in [-0.4, -0.2) is 23.9 Å². The third-order valence-corrected chi connectivity index (χ3v) is 2.46. The summed E-state index contributed by atoms with van der Waals surface area (Å²) in [5.74, 6) is 0. The minimum absolute atomic E-state index is 0.0970. The molecule has 0 aromatic heterocycles. The lowest BCUT2D eigenvalue weighted by Gasteiger charge is -2.23. The number of hydrogen-bond acceptors (Lipinski definition) is 2. The molecule has 102 valence electrons. The first-order chi connectivity index (χ1) is 8.24. The van der Waals surface area contributed by atoms with Crippen molar-refractivity contribution in [3.63, 3.8) is 0 Å². The average molecular weight is 262 g/mol. The summed E-state index contributed by atoms with van der Waals surface area (Å²) < 4.78 is 42.6. The smallest absolute Gasteiger partial charge is 0.387 e. The first-order valence-electron chi connectivity index (χ1n) is 5.71. The summed E-state index contributed by atoms with van der Waals surface area (Å²) in [6.45, 7) is 3.89. The SMILES string of the molecule is CCOCC(C)(O)Cc1cccc(C(F)(F)F)c1. The molecule has 2 nitrogen and oxygen atoms in total. The number of halogens is 3. The van der Waals surface area contributed by atoms with Gasteiger partial charge in [0.2, 0.25) is 0 Å². The van der Waals surface area contributed by atoms with Crippen LogP contribution in [0, 0.1) is 0 Å². The fraction of sp³-hybridized carbons (Fsp3) is 0.538. The van der Waals surface area contributed by atoms with Crippen LogP contribution in [0.4, 0.5) is 13.2 Å². The van der Waals surface area contributed by atoms with Crippen LogP contribution in [0.15, 0.2) is 24.3 Å². The standard InChI is InChI=1S/C13H17F3O2/c1-3-18-9-12(2,17)8-10-5-4-6-11(7-10)13(14,15)16/h4-7,17H,3,8-9H2,1-2H3. The fourth-order valence-corrected chi connectivity index (χ4v) is 1.67. The van der Waals surface area contributed by atoms with Crippen LogP contribution in [0.25, 0.3) is 0 Å². The van der Waals surface area contributed by atoms with Crippen molar-refractivity contribution in [2.24, 2.45) is 0 Å². The molecule has 1 aromatic rings. The Morgan fingerprint density at radius 2 is 1.94 bits per heavy atom. The minimum atomic E-state index is -4.36. The van der Waals surface area contributed by atoms with Crippen LogP contribution < -0.4 is 0 Å². The molecule has 1 unspecified atom stereocenters. The first-order valence-corrected chi connectivity index (χ1v) is 5.71. The zero-order valence-corrected chi connectivity index (χ0v) is 10.4. The normalized spacial score (nSPS) is 15.4. The van der Waals surface area contributed by atoms with Crippen LogP contribution in [0.3, 0.4) is 0 Å². The van der Waals surface area contributed by atoms with Crippen molar-refractivity contribution < 1.29 is 23.0 Å². The van der Waals surface area contributed by atoms with Gasteiger partial charge in [-0.15, -0.1) is 0 Å². The second-order valence-corrected chi connectivity index (χ2v) is 4.51. The molecule has 0 saturated heterocycles. The van der Waals surface area contributed by atoms with Gasteiger partial charge >= 0.3 is 6.18 Å². The molecule has 1 atom stereocenters. The van der Waals surface area contributed by atoms with Crippen LogP contribution in [0.2, 0.25) is 0 Å². The van der Waals surface area contributed by atoms with Crippen LogP contribution >= 0.6 is 0 Å². The van der Waals surface area contributed by atoms with E-state index < -0.39 is 17.3 Å². The molecule has 0 aliphatic heterocycles. The van der Waals surface area contributed by atoms with E-state index in [4.69, 9.17) is 4.74 Å².